The SMILES string of the molecule is CC(=O)N1CC[NH+]([C@@H](C)C(=O)Nc2ccc(Br)cc2)CC1. The molecule has 0 radical (unpaired) electrons. The van der Waals surface area contributed by atoms with E-state index in [1.54, 1.807) is 6.92 Å². The fourth-order valence-electron chi connectivity index (χ4n) is 2.51. The zero-order valence-corrected chi connectivity index (χ0v) is 13.9. The second-order valence-corrected chi connectivity index (χ2v) is 6.30. The Kier molecular flexibility index (Phi) is 5.36. The number of nitrogens with one attached hydrogen (secondary N) is 2. The lowest BCUT2D eigenvalue weighted by Crippen LogP contribution is -3.19. The summed E-state index contributed by atoms with van der Waals surface area (Å²) in [4.78, 5) is 26.7. The van der Waals surface area contributed by atoms with Crippen molar-refractivity contribution in [3.05, 3.63) is 28.7 Å². The average molecular weight is 355 g/mol. The van der Waals surface area contributed by atoms with Gasteiger partial charge < -0.3 is 15.1 Å². The van der Waals surface area contributed by atoms with Crippen LogP contribution in [-0.4, -0.2) is 48.9 Å². The average Bonchev–Trinajstić information content (AvgIpc) is 2.49. The van der Waals surface area contributed by atoms with Crippen molar-refractivity contribution in [1.82, 2.24) is 4.90 Å². The van der Waals surface area contributed by atoms with E-state index in [9.17, 15) is 9.59 Å². The molecule has 1 aliphatic heterocycles. The van der Waals surface area contributed by atoms with Gasteiger partial charge in [-0.05, 0) is 31.2 Å². The fraction of sp³-hybridized carbons (Fsp3) is 0.467. The summed E-state index contributed by atoms with van der Waals surface area (Å²) in [5.74, 6) is 0.129. The lowest BCUT2D eigenvalue weighted by Gasteiger charge is -2.34. The Morgan fingerprint density at radius 2 is 1.81 bits per heavy atom. The molecule has 0 spiro atoms. The monoisotopic (exact) mass is 354 g/mol. The lowest BCUT2D eigenvalue weighted by atomic mass is 10.2. The van der Waals surface area contributed by atoms with Crippen LogP contribution in [0.15, 0.2) is 28.7 Å². The molecule has 1 heterocycles. The van der Waals surface area contributed by atoms with E-state index in [0.29, 0.717) is 0 Å². The first-order valence-electron chi connectivity index (χ1n) is 7.14. The number of piperazine rings is 1. The van der Waals surface area contributed by atoms with Crippen molar-refractivity contribution in [2.24, 2.45) is 0 Å². The quantitative estimate of drug-likeness (QED) is 0.831. The van der Waals surface area contributed by atoms with E-state index in [0.717, 1.165) is 36.3 Å². The number of carbonyl (C=O) groups excluding carboxylic acids is 2. The van der Waals surface area contributed by atoms with Gasteiger partial charge >= 0.3 is 0 Å². The molecule has 2 amide bonds. The molecular weight excluding hydrogens is 334 g/mol. The van der Waals surface area contributed by atoms with Gasteiger partial charge in [0.2, 0.25) is 5.91 Å². The third-order valence-electron chi connectivity index (χ3n) is 3.97. The van der Waals surface area contributed by atoms with Crippen LogP contribution in [0.25, 0.3) is 0 Å². The summed E-state index contributed by atoms with van der Waals surface area (Å²) in [6.45, 7) is 6.60. The normalized spacial score (nSPS) is 17.4. The van der Waals surface area contributed by atoms with Crippen molar-refractivity contribution in [2.75, 3.05) is 31.5 Å². The summed E-state index contributed by atoms with van der Waals surface area (Å²) < 4.78 is 0.986. The number of halogens is 1. The number of quaternary nitrogens is 1. The van der Waals surface area contributed by atoms with Crippen LogP contribution in [-0.2, 0) is 9.59 Å². The molecule has 1 atom stereocenters. The maximum absolute atomic E-state index is 12.3. The van der Waals surface area contributed by atoms with E-state index < -0.39 is 0 Å². The van der Waals surface area contributed by atoms with E-state index in [2.05, 4.69) is 21.2 Å². The summed E-state index contributed by atoms with van der Waals surface area (Å²) in [6, 6.07) is 7.43. The molecule has 2 rings (SSSR count). The number of hydrogen-bond acceptors (Lipinski definition) is 2. The van der Waals surface area contributed by atoms with Gasteiger partial charge in [-0.3, -0.25) is 9.59 Å². The molecule has 0 saturated carbocycles. The van der Waals surface area contributed by atoms with Gasteiger partial charge in [-0.1, -0.05) is 15.9 Å². The largest absolute Gasteiger partial charge is 0.332 e. The molecule has 21 heavy (non-hydrogen) atoms. The van der Waals surface area contributed by atoms with Crippen LogP contribution in [0.4, 0.5) is 5.69 Å². The summed E-state index contributed by atoms with van der Waals surface area (Å²) in [5, 5.41) is 2.94. The van der Waals surface area contributed by atoms with E-state index in [1.807, 2.05) is 36.1 Å². The molecule has 0 unspecified atom stereocenters. The fourth-order valence-corrected chi connectivity index (χ4v) is 2.78. The number of carbonyl (C=O) groups is 2. The highest BCUT2D eigenvalue weighted by molar-refractivity contribution is 9.10. The molecule has 2 N–H and O–H groups in total. The number of anilines is 1. The zero-order valence-electron chi connectivity index (χ0n) is 12.4. The summed E-state index contributed by atoms with van der Waals surface area (Å²) in [5.41, 5.74) is 0.803. The highest BCUT2D eigenvalue weighted by Crippen LogP contribution is 2.14. The molecular formula is C15H21BrN3O2+. The number of nitrogens with zero attached hydrogens (tertiary/aromatic N) is 1. The van der Waals surface area contributed by atoms with Crippen LogP contribution in [0, 0.1) is 0 Å². The van der Waals surface area contributed by atoms with Gasteiger partial charge in [0.1, 0.15) is 0 Å². The number of benzene rings is 1. The molecule has 1 aliphatic rings. The second-order valence-electron chi connectivity index (χ2n) is 5.38. The standard InChI is InChI=1S/C15H20BrN3O2/c1-11(18-7-9-19(10-8-18)12(2)20)15(21)17-14-5-3-13(16)4-6-14/h3-6,11H,7-10H2,1-2H3,(H,17,21)/p+1/t11-/m0/s1. The van der Waals surface area contributed by atoms with Crippen LogP contribution in [0.1, 0.15) is 13.8 Å². The summed E-state index contributed by atoms with van der Waals surface area (Å²) >= 11 is 3.37. The van der Waals surface area contributed by atoms with Gasteiger partial charge in [-0.2, -0.15) is 0 Å². The first-order chi connectivity index (χ1) is 9.97. The topological polar surface area (TPSA) is 53.9 Å². The third-order valence-corrected chi connectivity index (χ3v) is 4.50. The molecule has 0 aromatic heterocycles. The van der Waals surface area contributed by atoms with Crippen LogP contribution in [0.2, 0.25) is 0 Å². The number of amides is 2. The summed E-state index contributed by atoms with van der Waals surface area (Å²) in [7, 11) is 0. The van der Waals surface area contributed by atoms with Crippen molar-refractivity contribution >= 4 is 33.4 Å². The maximum atomic E-state index is 12.3. The molecule has 114 valence electrons. The van der Waals surface area contributed by atoms with E-state index >= 15 is 0 Å². The molecule has 0 bridgehead atoms. The Bertz CT molecular complexity index is 510. The van der Waals surface area contributed by atoms with Crippen LogP contribution < -0.4 is 10.2 Å². The smallest absolute Gasteiger partial charge is 0.282 e. The van der Waals surface area contributed by atoms with Crippen LogP contribution in [0.5, 0.6) is 0 Å². The van der Waals surface area contributed by atoms with Crippen molar-refractivity contribution in [3.63, 3.8) is 0 Å². The molecule has 6 heteroatoms. The molecule has 5 nitrogen and oxygen atoms in total. The Hall–Kier alpha value is -1.40. The maximum Gasteiger partial charge on any atom is 0.282 e. The number of hydrogen-bond donors (Lipinski definition) is 2. The van der Waals surface area contributed by atoms with E-state index in [1.165, 1.54) is 4.90 Å². The first-order valence-corrected chi connectivity index (χ1v) is 7.93. The third kappa shape index (κ3) is 4.28. The Morgan fingerprint density at radius 3 is 2.33 bits per heavy atom. The Morgan fingerprint density at radius 1 is 1.24 bits per heavy atom. The predicted octanol–water partition coefficient (Wildman–Crippen LogP) is 0.523. The summed E-state index contributed by atoms with van der Waals surface area (Å²) in [6.07, 6.45) is 0. The Labute approximate surface area is 133 Å². The molecule has 1 aromatic rings. The Balaban J connectivity index is 1.88. The van der Waals surface area contributed by atoms with Gasteiger partial charge in [0.15, 0.2) is 6.04 Å². The van der Waals surface area contributed by atoms with Gasteiger partial charge in [-0.25, -0.2) is 0 Å². The second kappa shape index (κ2) is 7.04. The minimum atomic E-state index is -0.122. The van der Waals surface area contributed by atoms with E-state index in [4.69, 9.17) is 0 Å². The van der Waals surface area contributed by atoms with Crippen LogP contribution >= 0.6 is 15.9 Å². The van der Waals surface area contributed by atoms with Gasteiger partial charge in [-0.15, -0.1) is 0 Å². The lowest BCUT2D eigenvalue weighted by molar-refractivity contribution is -0.917. The molecule has 0 aliphatic carbocycles. The van der Waals surface area contributed by atoms with Crippen molar-refractivity contribution in [3.8, 4) is 0 Å². The van der Waals surface area contributed by atoms with Gasteiger partial charge in [0.25, 0.3) is 5.91 Å². The van der Waals surface area contributed by atoms with E-state index in [-0.39, 0.29) is 17.9 Å². The molecule has 1 saturated heterocycles. The molecule has 1 fully saturated rings. The predicted molar refractivity (Wildman–Crippen MR) is 85.2 cm³/mol. The van der Waals surface area contributed by atoms with Crippen molar-refractivity contribution in [1.29, 1.82) is 0 Å². The number of rotatable bonds is 3. The minimum absolute atomic E-state index is 0.0172. The van der Waals surface area contributed by atoms with Crippen LogP contribution in [0.3, 0.4) is 0 Å². The highest BCUT2D eigenvalue weighted by atomic mass is 79.9. The van der Waals surface area contributed by atoms with Crippen molar-refractivity contribution < 1.29 is 14.5 Å². The molecule has 1 aromatic carbocycles. The first kappa shape index (κ1) is 16.0. The van der Waals surface area contributed by atoms with Gasteiger partial charge in [0.05, 0.1) is 26.2 Å². The minimum Gasteiger partial charge on any atom is -0.332 e. The highest BCUT2D eigenvalue weighted by Gasteiger charge is 2.29. The zero-order chi connectivity index (χ0) is 15.4. The van der Waals surface area contributed by atoms with Crippen molar-refractivity contribution in [2.45, 2.75) is 19.9 Å². The van der Waals surface area contributed by atoms with Gasteiger partial charge in [0, 0.05) is 17.1 Å².